The van der Waals surface area contributed by atoms with Crippen molar-refractivity contribution in [2.24, 2.45) is 11.7 Å². The molecule has 1 aliphatic rings. The number of aliphatic hydroxyl groups excluding tert-OH is 1. The molecule has 1 atom stereocenters. The van der Waals surface area contributed by atoms with Gasteiger partial charge in [-0.25, -0.2) is 0 Å². The minimum absolute atomic E-state index is 0.0711. The van der Waals surface area contributed by atoms with Gasteiger partial charge in [0.2, 0.25) is 0 Å². The van der Waals surface area contributed by atoms with Gasteiger partial charge in [-0.05, 0) is 37.3 Å². The van der Waals surface area contributed by atoms with Crippen LogP contribution in [0.15, 0.2) is 24.3 Å². The summed E-state index contributed by atoms with van der Waals surface area (Å²) in [5, 5.41) is 9.15. The van der Waals surface area contributed by atoms with Crippen molar-refractivity contribution in [3.05, 3.63) is 29.8 Å². The van der Waals surface area contributed by atoms with Gasteiger partial charge in [0.15, 0.2) is 0 Å². The molecule has 0 spiro atoms. The van der Waals surface area contributed by atoms with Crippen LogP contribution in [0.5, 0.6) is 0 Å². The lowest BCUT2D eigenvalue weighted by Gasteiger charge is -2.34. The van der Waals surface area contributed by atoms with Crippen LogP contribution in [0, 0.1) is 5.92 Å². The van der Waals surface area contributed by atoms with Gasteiger partial charge in [0, 0.05) is 31.4 Å². The van der Waals surface area contributed by atoms with Crippen LogP contribution in [0.25, 0.3) is 0 Å². The molecule has 0 bridgehead atoms. The summed E-state index contributed by atoms with van der Waals surface area (Å²) in [5.74, 6) is 0.480. The molecule has 94 valence electrons. The third kappa shape index (κ3) is 2.79. The molecule has 3 heteroatoms. The molecule has 3 nitrogen and oxygen atoms in total. The first-order valence-electron chi connectivity index (χ1n) is 6.42. The number of anilines is 1. The van der Waals surface area contributed by atoms with E-state index in [0.29, 0.717) is 12.5 Å². The molecule has 2 rings (SSSR count). The van der Waals surface area contributed by atoms with Crippen LogP contribution in [0.3, 0.4) is 0 Å². The minimum atomic E-state index is 0.0711. The highest BCUT2D eigenvalue weighted by Gasteiger charge is 2.20. The molecule has 0 radical (unpaired) electrons. The summed E-state index contributed by atoms with van der Waals surface area (Å²) < 4.78 is 0. The Labute approximate surface area is 103 Å². The van der Waals surface area contributed by atoms with Crippen LogP contribution in [0.4, 0.5) is 5.69 Å². The van der Waals surface area contributed by atoms with Crippen molar-refractivity contribution in [2.45, 2.75) is 25.8 Å². The average Bonchev–Trinajstić information content (AvgIpc) is 2.39. The Bertz CT molecular complexity index is 357. The Balaban J connectivity index is 2.13. The normalized spacial score (nSPS) is 19.4. The first-order chi connectivity index (χ1) is 8.22. The molecule has 0 aliphatic carbocycles. The van der Waals surface area contributed by atoms with E-state index >= 15 is 0 Å². The van der Waals surface area contributed by atoms with Gasteiger partial charge in [0.05, 0.1) is 0 Å². The monoisotopic (exact) mass is 234 g/mol. The maximum atomic E-state index is 9.15. The maximum absolute atomic E-state index is 9.15. The summed E-state index contributed by atoms with van der Waals surface area (Å²) in [6.07, 6.45) is 2.15. The molecule has 3 N–H and O–H groups in total. The molecule has 0 saturated carbocycles. The van der Waals surface area contributed by atoms with Crippen LogP contribution < -0.4 is 10.6 Å². The highest BCUT2D eigenvalue weighted by Crippen LogP contribution is 2.28. The maximum Gasteiger partial charge on any atom is 0.0460 e. The van der Waals surface area contributed by atoms with Gasteiger partial charge in [0.25, 0.3) is 0 Å². The number of para-hydroxylation sites is 1. The summed E-state index contributed by atoms with van der Waals surface area (Å²) in [6.45, 7) is 4.39. The summed E-state index contributed by atoms with van der Waals surface area (Å²) in [7, 11) is 0. The van der Waals surface area contributed by atoms with Crippen molar-refractivity contribution < 1.29 is 5.11 Å². The van der Waals surface area contributed by atoms with Crippen molar-refractivity contribution in [3.8, 4) is 0 Å². The second-order valence-corrected chi connectivity index (χ2v) is 4.96. The molecule has 0 unspecified atom stereocenters. The zero-order valence-corrected chi connectivity index (χ0v) is 10.5. The van der Waals surface area contributed by atoms with E-state index < -0.39 is 0 Å². The number of rotatable bonds is 3. The number of aliphatic hydroxyl groups is 1. The van der Waals surface area contributed by atoms with Crippen LogP contribution in [-0.4, -0.2) is 24.8 Å². The summed E-state index contributed by atoms with van der Waals surface area (Å²) in [5.41, 5.74) is 8.49. The highest BCUT2D eigenvalue weighted by molar-refractivity contribution is 5.55. The van der Waals surface area contributed by atoms with E-state index in [1.807, 2.05) is 13.0 Å². The fourth-order valence-electron chi connectivity index (χ4n) is 2.52. The van der Waals surface area contributed by atoms with Gasteiger partial charge in [-0.3, -0.25) is 0 Å². The molecule has 1 saturated heterocycles. The predicted octanol–water partition coefficient (Wildman–Crippen LogP) is 1.92. The quantitative estimate of drug-likeness (QED) is 0.840. The lowest BCUT2D eigenvalue weighted by atomic mass is 9.96. The fourth-order valence-corrected chi connectivity index (χ4v) is 2.52. The predicted molar refractivity (Wildman–Crippen MR) is 71.1 cm³/mol. The topological polar surface area (TPSA) is 49.5 Å². The van der Waals surface area contributed by atoms with E-state index in [1.165, 1.54) is 11.3 Å². The molecular weight excluding hydrogens is 212 g/mol. The zero-order chi connectivity index (χ0) is 12.3. The highest BCUT2D eigenvalue weighted by atomic mass is 16.3. The van der Waals surface area contributed by atoms with Crippen LogP contribution >= 0.6 is 0 Å². The molecule has 17 heavy (non-hydrogen) atoms. The van der Waals surface area contributed by atoms with E-state index in [4.69, 9.17) is 10.8 Å². The molecule has 1 heterocycles. The van der Waals surface area contributed by atoms with Crippen molar-refractivity contribution in [2.75, 3.05) is 24.6 Å². The zero-order valence-electron chi connectivity index (χ0n) is 10.5. The molecule has 1 aromatic carbocycles. The van der Waals surface area contributed by atoms with E-state index in [-0.39, 0.29) is 6.04 Å². The van der Waals surface area contributed by atoms with Crippen molar-refractivity contribution in [1.29, 1.82) is 0 Å². The Kier molecular flexibility index (Phi) is 4.02. The first-order valence-corrected chi connectivity index (χ1v) is 6.42. The van der Waals surface area contributed by atoms with Crippen LogP contribution in [-0.2, 0) is 0 Å². The van der Waals surface area contributed by atoms with Crippen LogP contribution in [0.2, 0.25) is 0 Å². The Morgan fingerprint density at radius 3 is 2.59 bits per heavy atom. The van der Waals surface area contributed by atoms with E-state index in [1.54, 1.807) is 0 Å². The number of nitrogens with zero attached hydrogens (tertiary/aromatic N) is 1. The van der Waals surface area contributed by atoms with Crippen molar-refractivity contribution in [1.82, 2.24) is 0 Å². The molecule has 0 aromatic heterocycles. The average molecular weight is 234 g/mol. The smallest absolute Gasteiger partial charge is 0.0460 e. The second kappa shape index (κ2) is 5.52. The lowest BCUT2D eigenvalue weighted by Crippen LogP contribution is -2.35. The summed E-state index contributed by atoms with van der Waals surface area (Å²) in [6, 6.07) is 8.44. The van der Waals surface area contributed by atoms with Crippen LogP contribution in [0.1, 0.15) is 31.4 Å². The Morgan fingerprint density at radius 2 is 2.00 bits per heavy atom. The number of hydrogen-bond acceptors (Lipinski definition) is 3. The van der Waals surface area contributed by atoms with Gasteiger partial charge in [-0.1, -0.05) is 18.2 Å². The van der Waals surface area contributed by atoms with Gasteiger partial charge in [0.1, 0.15) is 0 Å². The van der Waals surface area contributed by atoms with Gasteiger partial charge in [-0.2, -0.15) is 0 Å². The van der Waals surface area contributed by atoms with Crippen molar-refractivity contribution in [3.63, 3.8) is 0 Å². The lowest BCUT2D eigenvalue weighted by molar-refractivity contribution is 0.203. The molecule has 0 amide bonds. The Hall–Kier alpha value is -1.06. The fraction of sp³-hybridized carbons (Fsp3) is 0.571. The largest absolute Gasteiger partial charge is 0.396 e. The van der Waals surface area contributed by atoms with Gasteiger partial charge in [-0.15, -0.1) is 0 Å². The molecule has 1 fully saturated rings. The number of hydrogen-bond donors (Lipinski definition) is 2. The van der Waals surface area contributed by atoms with Gasteiger partial charge >= 0.3 is 0 Å². The molecule has 1 aliphatic heterocycles. The third-order valence-corrected chi connectivity index (χ3v) is 3.64. The number of benzene rings is 1. The van der Waals surface area contributed by atoms with Gasteiger partial charge < -0.3 is 15.7 Å². The Morgan fingerprint density at radius 1 is 1.35 bits per heavy atom. The number of nitrogens with two attached hydrogens (primary N) is 1. The standard InChI is InChI=1S/C14H22N2O/c1-11(15)13-4-2-3-5-14(13)16-8-6-12(10-17)7-9-16/h2-5,11-12,17H,6-10,15H2,1H3/t11-/m1/s1. The van der Waals surface area contributed by atoms with E-state index in [2.05, 4.69) is 23.1 Å². The summed E-state index contributed by atoms with van der Waals surface area (Å²) >= 11 is 0. The molecule has 1 aromatic rings. The SMILES string of the molecule is C[C@@H](N)c1ccccc1N1CCC(CO)CC1. The second-order valence-electron chi connectivity index (χ2n) is 4.96. The summed E-state index contributed by atoms with van der Waals surface area (Å²) in [4.78, 5) is 2.39. The van der Waals surface area contributed by atoms with Crippen molar-refractivity contribution >= 4 is 5.69 Å². The van der Waals surface area contributed by atoms with E-state index in [9.17, 15) is 0 Å². The molecular formula is C14H22N2O. The van der Waals surface area contributed by atoms with E-state index in [0.717, 1.165) is 25.9 Å². The third-order valence-electron chi connectivity index (χ3n) is 3.64. The number of piperidine rings is 1. The minimum Gasteiger partial charge on any atom is -0.396 e. The first kappa shape index (κ1) is 12.4.